The van der Waals surface area contributed by atoms with Gasteiger partial charge in [-0.05, 0) is 47.9 Å². The lowest BCUT2D eigenvalue weighted by molar-refractivity contribution is -0.133. The van der Waals surface area contributed by atoms with Crippen LogP contribution in [0.4, 0.5) is 0 Å². The Kier molecular flexibility index (Phi) is 5.19. The Morgan fingerprint density at radius 1 is 1.07 bits per heavy atom. The van der Waals surface area contributed by atoms with Crippen molar-refractivity contribution in [1.29, 1.82) is 0 Å². The molecule has 29 heavy (non-hydrogen) atoms. The number of hydrogen-bond donors (Lipinski definition) is 0. The fraction of sp³-hybridized carbons (Fsp3) is 0.0833. The minimum atomic E-state index is -0.378. The van der Waals surface area contributed by atoms with Crippen molar-refractivity contribution in [2.24, 2.45) is 0 Å². The monoisotopic (exact) mass is 404 g/mol. The Morgan fingerprint density at radius 3 is 2.52 bits per heavy atom. The molecule has 0 aliphatic carbocycles. The van der Waals surface area contributed by atoms with Gasteiger partial charge in [0.2, 0.25) is 5.78 Å². The van der Waals surface area contributed by atoms with E-state index in [2.05, 4.69) is 0 Å². The lowest BCUT2D eigenvalue weighted by Gasteiger charge is -2.08. The van der Waals surface area contributed by atoms with Crippen molar-refractivity contribution in [3.63, 3.8) is 0 Å². The number of fused-ring (bicyclic) bond motifs is 1. The Bertz CT molecular complexity index is 1120. The van der Waals surface area contributed by atoms with E-state index in [4.69, 9.17) is 21.1 Å². The molecule has 3 aromatic carbocycles. The van der Waals surface area contributed by atoms with Gasteiger partial charge in [-0.2, -0.15) is 0 Å². The number of carbonyl (C=O) groups is 2. The molecule has 1 heterocycles. The second-order valence-corrected chi connectivity index (χ2v) is 7.18. The summed E-state index contributed by atoms with van der Waals surface area (Å²) in [5.41, 5.74) is 2.84. The van der Waals surface area contributed by atoms with E-state index in [1.807, 2.05) is 30.3 Å². The molecule has 0 saturated carbocycles. The first-order valence-electron chi connectivity index (χ1n) is 9.08. The number of Topliss-reactive ketones (excluding diaryl/α,β-unsaturated/α-hetero) is 1. The molecule has 3 aromatic rings. The summed E-state index contributed by atoms with van der Waals surface area (Å²) >= 11 is 5.90. The third-order valence-electron chi connectivity index (χ3n) is 4.53. The van der Waals surface area contributed by atoms with E-state index >= 15 is 0 Å². The predicted octanol–water partition coefficient (Wildman–Crippen LogP) is 5.41. The Hall–Kier alpha value is -3.37. The van der Waals surface area contributed by atoms with Crippen molar-refractivity contribution < 1.29 is 19.1 Å². The van der Waals surface area contributed by atoms with Crippen molar-refractivity contribution in [3.05, 3.63) is 99.8 Å². The lowest BCUT2D eigenvalue weighted by atomic mass is 10.0. The minimum absolute atomic E-state index is 0.165. The van der Waals surface area contributed by atoms with Gasteiger partial charge in [0.1, 0.15) is 11.5 Å². The summed E-state index contributed by atoms with van der Waals surface area (Å²) in [6.45, 7) is 1.79. The first-order valence-corrected chi connectivity index (χ1v) is 9.46. The third-order valence-corrected chi connectivity index (χ3v) is 4.79. The molecule has 0 radical (unpaired) electrons. The third kappa shape index (κ3) is 4.23. The summed E-state index contributed by atoms with van der Waals surface area (Å²) in [6, 6.07) is 19.7. The van der Waals surface area contributed by atoms with Crippen LogP contribution in [0.1, 0.15) is 27.0 Å². The molecule has 0 fully saturated rings. The largest absolute Gasteiger partial charge is 0.452 e. The smallest absolute Gasteiger partial charge is 0.315 e. The van der Waals surface area contributed by atoms with E-state index in [1.54, 1.807) is 49.4 Å². The van der Waals surface area contributed by atoms with Crippen LogP contribution in [0.5, 0.6) is 11.5 Å². The predicted molar refractivity (Wildman–Crippen MR) is 111 cm³/mol. The summed E-state index contributed by atoms with van der Waals surface area (Å²) in [4.78, 5) is 25.0. The second kappa shape index (κ2) is 7.94. The van der Waals surface area contributed by atoms with Crippen LogP contribution in [0.25, 0.3) is 6.08 Å². The molecular weight excluding hydrogens is 388 g/mol. The van der Waals surface area contributed by atoms with Gasteiger partial charge < -0.3 is 9.47 Å². The maximum atomic E-state index is 12.7. The van der Waals surface area contributed by atoms with E-state index in [0.717, 1.165) is 11.1 Å². The van der Waals surface area contributed by atoms with Crippen molar-refractivity contribution in [2.75, 3.05) is 0 Å². The summed E-state index contributed by atoms with van der Waals surface area (Å²) in [6.07, 6.45) is 1.83. The van der Waals surface area contributed by atoms with Crippen LogP contribution in [0.3, 0.4) is 0 Å². The highest BCUT2D eigenvalue weighted by atomic mass is 35.5. The van der Waals surface area contributed by atoms with Gasteiger partial charge in [-0.25, -0.2) is 0 Å². The van der Waals surface area contributed by atoms with Crippen molar-refractivity contribution in [1.82, 2.24) is 0 Å². The van der Waals surface area contributed by atoms with E-state index in [9.17, 15) is 9.59 Å². The number of ether oxygens (including phenoxy) is 2. The van der Waals surface area contributed by atoms with Crippen molar-refractivity contribution >= 4 is 29.4 Å². The van der Waals surface area contributed by atoms with Crippen LogP contribution in [0, 0.1) is 6.92 Å². The molecule has 4 rings (SSSR count). The number of esters is 1. The normalized spacial score (nSPS) is 13.9. The van der Waals surface area contributed by atoms with Gasteiger partial charge in [0.25, 0.3) is 0 Å². The summed E-state index contributed by atoms with van der Waals surface area (Å²) in [5.74, 6) is 0.380. The van der Waals surface area contributed by atoms with Gasteiger partial charge in [0.05, 0.1) is 12.0 Å². The average Bonchev–Trinajstić information content (AvgIpc) is 3.00. The maximum Gasteiger partial charge on any atom is 0.315 e. The van der Waals surface area contributed by atoms with Gasteiger partial charge >= 0.3 is 5.97 Å². The van der Waals surface area contributed by atoms with Crippen LogP contribution in [0.15, 0.2) is 72.5 Å². The molecule has 0 bridgehead atoms. The number of rotatable bonds is 4. The zero-order valence-corrected chi connectivity index (χ0v) is 16.4. The zero-order chi connectivity index (χ0) is 20.4. The van der Waals surface area contributed by atoms with Crippen LogP contribution in [-0.2, 0) is 11.2 Å². The highest BCUT2D eigenvalue weighted by Crippen LogP contribution is 2.37. The molecule has 4 nitrogen and oxygen atoms in total. The summed E-state index contributed by atoms with van der Waals surface area (Å²) in [7, 11) is 0. The molecule has 5 heteroatoms. The van der Waals surface area contributed by atoms with Crippen molar-refractivity contribution in [2.45, 2.75) is 13.3 Å². The van der Waals surface area contributed by atoms with E-state index in [0.29, 0.717) is 27.6 Å². The molecular formula is C24H17ClO4. The average molecular weight is 405 g/mol. The summed E-state index contributed by atoms with van der Waals surface area (Å²) in [5, 5.41) is 0.618. The van der Waals surface area contributed by atoms with Crippen LogP contribution >= 0.6 is 11.6 Å². The second-order valence-electron chi connectivity index (χ2n) is 6.74. The molecule has 0 N–H and O–H groups in total. The Labute approximate surface area is 173 Å². The first-order chi connectivity index (χ1) is 14.0. The van der Waals surface area contributed by atoms with Crippen LogP contribution < -0.4 is 9.47 Å². The number of benzene rings is 3. The fourth-order valence-corrected chi connectivity index (χ4v) is 3.30. The number of aryl methyl sites for hydroxylation is 1. The number of carbonyl (C=O) groups excluding carboxylic acids is 2. The highest BCUT2D eigenvalue weighted by Gasteiger charge is 2.30. The highest BCUT2D eigenvalue weighted by molar-refractivity contribution is 6.30. The number of hydrogen-bond acceptors (Lipinski definition) is 4. The summed E-state index contributed by atoms with van der Waals surface area (Å²) < 4.78 is 11.2. The number of halogens is 1. The molecule has 0 amide bonds. The molecule has 1 aliphatic rings. The quantitative estimate of drug-likeness (QED) is 0.331. The standard InChI is InChI=1S/C24H17ClO4/c1-15-11-19(28-22(26)13-16-5-3-2-4-6-16)14-20-23(15)24(27)21(29-20)12-17-7-9-18(25)10-8-17/h2-12,14H,13H2,1H3/b21-12-. The van der Waals surface area contributed by atoms with Gasteiger partial charge in [-0.15, -0.1) is 0 Å². The van der Waals surface area contributed by atoms with E-state index in [-0.39, 0.29) is 23.9 Å². The number of allylic oxidation sites excluding steroid dienone is 1. The minimum Gasteiger partial charge on any atom is -0.452 e. The van der Waals surface area contributed by atoms with Gasteiger partial charge in [-0.3, -0.25) is 9.59 Å². The van der Waals surface area contributed by atoms with E-state index in [1.165, 1.54) is 0 Å². The SMILES string of the molecule is Cc1cc(OC(=O)Cc2ccccc2)cc2c1C(=O)/C(=C/c1ccc(Cl)cc1)O2. The Balaban J connectivity index is 1.54. The van der Waals surface area contributed by atoms with Crippen LogP contribution in [-0.4, -0.2) is 11.8 Å². The maximum absolute atomic E-state index is 12.7. The molecule has 0 atom stereocenters. The van der Waals surface area contributed by atoms with Gasteiger partial charge in [-0.1, -0.05) is 54.1 Å². The Morgan fingerprint density at radius 2 is 1.79 bits per heavy atom. The fourth-order valence-electron chi connectivity index (χ4n) is 3.18. The molecule has 1 aliphatic heterocycles. The van der Waals surface area contributed by atoms with Gasteiger partial charge in [0, 0.05) is 11.1 Å². The molecule has 0 spiro atoms. The van der Waals surface area contributed by atoms with Crippen LogP contribution in [0.2, 0.25) is 5.02 Å². The number of ketones is 1. The molecule has 0 unspecified atom stereocenters. The zero-order valence-electron chi connectivity index (χ0n) is 15.6. The van der Waals surface area contributed by atoms with Gasteiger partial charge in [0.15, 0.2) is 5.76 Å². The van der Waals surface area contributed by atoms with E-state index < -0.39 is 0 Å². The lowest BCUT2D eigenvalue weighted by Crippen LogP contribution is -2.11. The molecule has 144 valence electrons. The molecule has 0 saturated heterocycles. The topological polar surface area (TPSA) is 52.6 Å². The van der Waals surface area contributed by atoms with Crippen molar-refractivity contribution in [3.8, 4) is 11.5 Å². The first kappa shape index (κ1) is 19.0. The molecule has 0 aromatic heterocycles.